The molecule has 0 aromatic carbocycles. The SMILES string of the molecule is CCCc1nc(CN2C[C@H]3CNC[C@H]3C2)no1. The van der Waals surface area contributed by atoms with Crippen LogP contribution < -0.4 is 5.32 Å². The van der Waals surface area contributed by atoms with Crippen LogP contribution in [0, 0.1) is 11.8 Å². The van der Waals surface area contributed by atoms with Gasteiger partial charge in [-0.15, -0.1) is 0 Å². The molecule has 2 aliphatic heterocycles. The average Bonchev–Trinajstić information content (AvgIpc) is 2.95. The van der Waals surface area contributed by atoms with Gasteiger partial charge in [0, 0.05) is 19.5 Å². The Morgan fingerprint density at radius 2 is 2.12 bits per heavy atom. The molecule has 1 aromatic rings. The number of likely N-dealkylation sites (tertiary alicyclic amines) is 1. The van der Waals surface area contributed by atoms with Gasteiger partial charge in [-0.05, 0) is 31.3 Å². The molecule has 0 bridgehead atoms. The number of hydrogen-bond acceptors (Lipinski definition) is 5. The van der Waals surface area contributed by atoms with Gasteiger partial charge in [0.05, 0.1) is 6.54 Å². The normalized spacial score (nSPS) is 28.8. The van der Waals surface area contributed by atoms with Crippen LogP contribution >= 0.6 is 0 Å². The van der Waals surface area contributed by atoms with Crippen molar-refractivity contribution in [1.82, 2.24) is 20.4 Å². The maximum atomic E-state index is 5.21. The highest BCUT2D eigenvalue weighted by Crippen LogP contribution is 2.26. The summed E-state index contributed by atoms with van der Waals surface area (Å²) in [7, 11) is 0. The van der Waals surface area contributed by atoms with Crippen LogP contribution in [0.5, 0.6) is 0 Å². The Hall–Kier alpha value is -0.940. The molecular weight excluding hydrogens is 216 g/mol. The molecule has 2 fully saturated rings. The fourth-order valence-corrected chi connectivity index (χ4v) is 2.95. The molecule has 0 amide bonds. The van der Waals surface area contributed by atoms with E-state index in [9.17, 15) is 0 Å². The van der Waals surface area contributed by atoms with E-state index in [4.69, 9.17) is 4.52 Å². The van der Waals surface area contributed by atoms with E-state index in [0.29, 0.717) is 0 Å². The van der Waals surface area contributed by atoms with Crippen LogP contribution in [0.3, 0.4) is 0 Å². The Balaban J connectivity index is 1.56. The van der Waals surface area contributed by atoms with E-state index in [1.807, 2.05) is 0 Å². The Morgan fingerprint density at radius 3 is 2.82 bits per heavy atom. The van der Waals surface area contributed by atoms with Crippen LogP contribution in [0.4, 0.5) is 0 Å². The topological polar surface area (TPSA) is 54.2 Å². The van der Waals surface area contributed by atoms with Crippen molar-refractivity contribution in [2.75, 3.05) is 26.2 Å². The van der Waals surface area contributed by atoms with Gasteiger partial charge in [0.2, 0.25) is 5.89 Å². The van der Waals surface area contributed by atoms with Gasteiger partial charge >= 0.3 is 0 Å². The van der Waals surface area contributed by atoms with E-state index in [0.717, 1.165) is 42.9 Å². The highest BCUT2D eigenvalue weighted by Gasteiger charge is 2.36. The first-order valence-electron chi connectivity index (χ1n) is 6.59. The van der Waals surface area contributed by atoms with E-state index in [-0.39, 0.29) is 0 Å². The van der Waals surface area contributed by atoms with Gasteiger partial charge in [-0.25, -0.2) is 0 Å². The largest absolute Gasteiger partial charge is 0.339 e. The first-order chi connectivity index (χ1) is 8.35. The third-order valence-corrected chi connectivity index (χ3v) is 3.80. The van der Waals surface area contributed by atoms with E-state index >= 15 is 0 Å². The number of aromatic nitrogens is 2. The van der Waals surface area contributed by atoms with Crippen molar-refractivity contribution in [2.45, 2.75) is 26.3 Å². The number of hydrogen-bond donors (Lipinski definition) is 1. The molecule has 1 N–H and O–H groups in total. The first-order valence-corrected chi connectivity index (χ1v) is 6.59. The van der Waals surface area contributed by atoms with Crippen molar-refractivity contribution < 1.29 is 4.52 Å². The van der Waals surface area contributed by atoms with Crippen molar-refractivity contribution in [3.63, 3.8) is 0 Å². The molecule has 17 heavy (non-hydrogen) atoms. The van der Waals surface area contributed by atoms with Crippen LogP contribution in [0.1, 0.15) is 25.1 Å². The monoisotopic (exact) mass is 236 g/mol. The van der Waals surface area contributed by atoms with Gasteiger partial charge in [-0.3, -0.25) is 4.90 Å². The Bertz CT molecular complexity index is 366. The molecule has 5 nitrogen and oxygen atoms in total. The van der Waals surface area contributed by atoms with Gasteiger partial charge in [0.15, 0.2) is 5.82 Å². The van der Waals surface area contributed by atoms with Gasteiger partial charge in [0.25, 0.3) is 0 Å². The summed E-state index contributed by atoms with van der Waals surface area (Å²) >= 11 is 0. The summed E-state index contributed by atoms with van der Waals surface area (Å²) in [5.74, 6) is 3.29. The summed E-state index contributed by atoms with van der Waals surface area (Å²) in [6.07, 6.45) is 1.95. The minimum atomic E-state index is 0.781. The molecule has 1 aromatic heterocycles. The third kappa shape index (κ3) is 2.35. The van der Waals surface area contributed by atoms with Gasteiger partial charge in [-0.2, -0.15) is 4.98 Å². The lowest BCUT2D eigenvalue weighted by molar-refractivity contribution is 0.289. The second-order valence-electron chi connectivity index (χ2n) is 5.23. The fraction of sp³-hybridized carbons (Fsp3) is 0.833. The van der Waals surface area contributed by atoms with Crippen molar-refractivity contribution in [3.8, 4) is 0 Å². The molecule has 0 spiro atoms. The van der Waals surface area contributed by atoms with Crippen molar-refractivity contribution in [1.29, 1.82) is 0 Å². The average molecular weight is 236 g/mol. The summed E-state index contributed by atoms with van der Waals surface area (Å²) < 4.78 is 5.21. The smallest absolute Gasteiger partial charge is 0.226 e. The summed E-state index contributed by atoms with van der Waals surface area (Å²) in [4.78, 5) is 6.88. The number of rotatable bonds is 4. The van der Waals surface area contributed by atoms with E-state index in [1.165, 1.54) is 26.2 Å². The number of nitrogens with one attached hydrogen (secondary N) is 1. The molecule has 3 rings (SSSR count). The minimum absolute atomic E-state index is 0.781. The summed E-state index contributed by atoms with van der Waals surface area (Å²) in [6, 6.07) is 0. The maximum absolute atomic E-state index is 5.21. The summed E-state index contributed by atoms with van der Waals surface area (Å²) in [5.41, 5.74) is 0. The summed E-state index contributed by atoms with van der Waals surface area (Å²) in [6.45, 7) is 7.67. The zero-order chi connectivity index (χ0) is 11.7. The lowest BCUT2D eigenvalue weighted by atomic mass is 10.0. The minimum Gasteiger partial charge on any atom is -0.339 e. The molecule has 2 saturated heterocycles. The second kappa shape index (κ2) is 4.74. The predicted octanol–water partition coefficient (Wildman–Crippen LogP) is 0.673. The Labute approximate surface area is 102 Å². The fourth-order valence-electron chi connectivity index (χ4n) is 2.95. The molecule has 0 unspecified atom stereocenters. The Kier molecular flexibility index (Phi) is 3.11. The molecular formula is C12H20N4O. The lowest BCUT2D eigenvalue weighted by Crippen LogP contribution is -2.25. The van der Waals surface area contributed by atoms with Gasteiger partial charge in [-0.1, -0.05) is 12.1 Å². The molecule has 0 aliphatic carbocycles. The molecule has 94 valence electrons. The van der Waals surface area contributed by atoms with Crippen molar-refractivity contribution in [2.24, 2.45) is 11.8 Å². The molecule has 0 radical (unpaired) electrons. The second-order valence-corrected chi connectivity index (χ2v) is 5.23. The van der Waals surface area contributed by atoms with E-state index in [2.05, 4.69) is 27.3 Å². The quantitative estimate of drug-likeness (QED) is 0.833. The van der Waals surface area contributed by atoms with Crippen LogP contribution in [-0.2, 0) is 13.0 Å². The highest BCUT2D eigenvalue weighted by molar-refractivity contribution is 4.94. The zero-order valence-electron chi connectivity index (χ0n) is 10.4. The van der Waals surface area contributed by atoms with Gasteiger partial charge < -0.3 is 9.84 Å². The van der Waals surface area contributed by atoms with E-state index < -0.39 is 0 Å². The van der Waals surface area contributed by atoms with E-state index in [1.54, 1.807) is 0 Å². The maximum Gasteiger partial charge on any atom is 0.226 e. The highest BCUT2D eigenvalue weighted by atomic mass is 16.5. The molecule has 3 heterocycles. The van der Waals surface area contributed by atoms with Crippen molar-refractivity contribution in [3.05, 3.63) is 11.7 Å². The standard InChI is InChI=1S/C12H20N4O/c1-2-3-12-14-11(15-17-12)8-16-6-9-4-13-5-10(9)7-16/h9-10,13H,2-8H2,1H3/t9-,10+. The lowest BCUT2D eigenvalue weighted by Gasteiger charge is -2.13. The van der Waals surface area contributed by atoms with Gasteiger partial charge in [0.1, 0.15) is 0 Å². The zero-order valence-corrected chi connectivity index (χ0v) is 10.4. The molecule has 2 aliphatic rings. The summed E-state index contributed by atoms with van der Waals surface area (Å²) in [5, 5.41) is 7.50. The third-order valence-electron chi connectivity index (χ3n) is 3.80. The number of nitrogens with zero attached hydrogens (tertiary/aromatic N) is 3. The molecule has 2 atom stereocenters. The van der Waals surface area contributed by atoms with Crippen LogP contribution in [-0.4, -0.2) is 41.2 Å². The molecule has 0 saturated carbocycles. The van der Waals surface area contributed by atoms with Crippen molar-refractivity contribution >= 4 is 0 Å². The van der Waals surface area contributed by atoms with Crippen LogP contribution in [0.2, 0.25) is 0 Å². The Morgan fingerprint density at radius 1 is 1.35 bits per heavy atom. The van der Waals surface area contributed by atoms with Crippen LogP contribution in [0.15, 0.2) is 4.52 Å². The predicted molar refractivity (Wildman–Crippen MR) is 63.4 cm³/mol. The number of fused-ring (bicyclic) bond motifs is 1. The molecule has 5 heteroatoms. The van der Waals surface area contributed by atoms with Crippen LogP contribution in [0.25, 0.3) is 0 Å². The first kappa shape index (κ1) is 11.2. The number of aryl methyl sites for hydroxylation is 1.